The van der Waals surface area contributed by atoms with Crippen LogP contribution in [0.15, 0.2) is 12.2 Å². The average Bonchev–Trinajstić information content (AvgIpc) is 2.16. The molecule has 0 aromatic rings. The number of carbonyl (C=O) groups excluding carboxylic acids is 1. The molecule has 2 atom stereocenters. The van der Waals surface area contributed by atoms with Gasteiger partial charge in [0.1, 0.15) is 11.4 Å². The molecule has 1 heterocycles. The van der Waals surface area contributed by atoms with Crippen molar-refractivity contribution in [3.8, 4) is 0 Å². The molecule has 0 fully saturated rings. The third-order valence-electron chi connectivity index (χ3n) is 2.89. The number of Topliss-reactive ketones (excluding diaryl/α,β-unsaturated/α-hetero) is 1. The van der Waals surface area contributed by atoms with E-state index in [0.29, 0.717) is 12.8 Å². The summed E-state index contributed by atoms with van der Waals surface area (Å²) in [5.74, 6) is -1.09. The van der Waals surface area contributed by atoms with Crippen LogP contribution in [0.4, 0.5) is 0 Å². The first-order valence-corrected chi connectivity index (χ1v) is 5.56. The zero-order chi connectivity index (χ0) is 12.4. The van der Waals surface area contributed by atoms with Gasteiger partial charge in [-0.15, -0.1) is 0 Å². The maximum absolute atomic E-state index is 11.0. The van der Waals surface area contributed by atoms with Crippen LogP contribution in [0, 0.1) is 5.92 Å². The van der Waals surface area contributed by atoms with Crippen molar-refractivity contribution in [2.24, 2.45) is 5.92 Å². The van der Waals surface area contributed by atoms with Crippen molar-refractivity contribution in [2.45, 2.75) is 51.9 Å². The molecule has 4 heteroatoms. The molecule has 1 N–H and O–H groups in total. The maximum atomic E-state index is 11.0. The first kappa shape index (κ1) is 13.4. The van der Waals surface area contributed by atoms with Gasteiger partial charge in [-0.05, 0) is 38.3 Å². The molecular formula is C12H20O4. The molecular weight excluding hydrogens is 208 g/mol. The molecule has 0 unspecified atom stereocenters. The van der Waals surface area contributed by atoms with Gasteiger partial charge in [0.05, 0.1) is 0 Å². The van der Waals surface area contributed by atoms with Crippen LogP contribution in [0.1, 0.15) is 40.5 Å². The molecule has 92 valence electrons. The van der Waals surface area contributed by atoms with E-state index in [9.17, 15) is 9.90 Å². The topological polar surface area (TPSA) is 55.8 Å². The summed E-state index contributed by atoms with van der Waals surface area (Å²) in [5.41, 5.74) is -0.617. The summed E-state index contributed by atoms with van der Waals surface area (Å²) in [6, 6.07) is 0. The van der Waals surface area contributed by atoms with Crippen molar-refractivity contribution in [2.75, 3.05) is 0 Å². The van der Waals surface area contributed by atoms with E-state index >= 15 is 0 Å². The lowest BCUT2D eigenvalue weighted by molar-refractivity contribution is -0.447. The van der Waals surface area contributed by atoms with Crippen LogP contribution in [-0.4, -0.2) is 22.3 Å². The lowest BCUT2D eigenvalue weighted by atomic mass is 9.84. The SMILES string of the molecule is CC(=O)CC[C@@]1(C(C)C)C=C[C@@](C)(O)OO1. The Kier molecular flexibility index (Phi) is 3.88. The van der Waals surface area contributed by atoms with Crippen LogP contribution in [0.5, 0.6) is 0 Å². The third kappa shape index (κ3) is 3.14. The van der Waals surface area contributed by atoms with E-state index in [4.69, 9.17) is 9.78 Å². The smallest absolute Gasteiger partial charge is 0.215 e. The molecule has 0 aromatic carbocycles. The van der Waals surface area contributed by atoms with Crippen LogP contribution in [0.2, 0.25) is 0 Å². The van der Waals surface area contributed by atoms with Crippen LogP contribution < -0.4 is 0 Å². The number of ketones is 1. The number of aliphatic hydroxyl groups is 1. The number of hydrogen-bond donors (Lipinski definition) is 1. The molecule has 0 aromatic heterocycles. The van der Waals surface area contributed by atoms with E-state index in [1.54, 1.807) is 19.1 Å². The monoisotopic (exact) mass is 228 g/mol. The van der Waals surface area contributed by atoms with Crippen molar-refractivity contribution in [1.29, 1.82) is 0 Å². The first-order chi connectivity index (χ1) is 7.27. The third-order valence-corrected chi connectivity index (χ3v) is 2.89. The summed E-state index contributed by atoms with van der Waals surface area (Å²) in [5, 5.41) is 9.56. The standard InChI is InChI=1S/C12H20O4/c1-9(2)12(6-5-10(3)13)8-7-11(4,14)15-16-12/h7-9,14H,5-6H2,1-4H3/t11-,12-/m0/s1. The van der Waals surface area contributed by atoms with E-state index in [2.05, 4.69) is 0 Å². The molecule has 0 radical (unpaired) electrons. The van der Waals surface area contributed by atoms with Gasteiger partial charge in [0, 0.05) is 6.42 Å². The molecule has 0 saturated heterocycles. The van der Waals surface area contributed by atoms with E-state index in [1.807, 2.05) is 13.8 Å². The summed E-state index contributed by atoms with van der Waals surface area (Å²) in [6.45, 7) is 7.04. The summed E-state index contributed by atoms with van der Waals surface area (Å²) >= 11 is 0. The molecule has 1 rings (SSSR count). The molecule has 0 bridgehead atoms. The second-order valence-corrected chi connectivity index (χ2v) is 4.87. The highest BCUT2D eigenvalue weighted by Gasteiger charge is 2.40. The molecule has 0 saturated carbocycles. The normalized spacial score (nSPS) is 34.4. The minimum Gasteiger partial charge on any atom is -0.360 e. The van der Waals surface area contributed by atoms with Gasteiger partial charge in [0.15, 0.2) is 0 Å². The predicted octanol–water partition coefficient (Wildman–Crippen LogP) is 1.98. The van der Waals surface area contributed by atoms with Gasteiger partial charge in [-0.25, -0.2) is 4.89 Å². The Hall–Kier alpha value is -0.710. The fraction of sp³-hybridized carbons (Fsp3) is 0.750. The molecule has 4 nitrogen and oxygen atoms in total. The highest BCUT2D eigenvalue weighted by molar-refractivity contribution is 5.75. The summed E-state index contributed by atoms with van der Waals surface area (Å²) < 4.78 is 0. The molecule has 16 heavy (non-hydrogen) atoms. The Labute approximate surface area is 96.2 Å². The van der Waals surface area contributed by atoms with Gasteiger partial charge in [-0.3, -0.25) is 0 Å². The molecule has 0 amide bonds. The van der Waals surface area contributed by atoms with Crippen molar-refractivity contribution in [3.05, 3.63) is 12.2 Å². The average molecular weight is 228 g/mol. The van der Waals surface area contributed by atoms with Crippen LogP contribution in [0.3, 0.4) is 0 Å². The highest BCUT2D eigenvalue weighted by Crippen LogP contribution is 2.35. The fourth-order valence-corrected chi connectivity index (χ4v) is 1.59. The molecule has 0 spiro atoms. The van der Waals surface area contributed by atoms with Crippen LogP contribution in [0.25, 0.3) is 0 Å². The fourth-order valence-electron chi connectivity index (χ4n) is 1.59. The zero-order valence-corrected chi connectivity index (χ0v) is 10.3. The predicted molar refractivity (Wildman–Crippen MR) is 59.4 cm³/mol. The van der Waals surface area contributed by atoms with Gasteiger partial charge in [0.2, 0.25) is 5.79 Å². The Balaban J connectivity index is 2.80. The Morgan fingerprint density at radius 2 is 2.00 bits per heavy atom. The number of rotatable bonds is 4. The van der Waals surface area contributed by atoms with Crippen molar-refractivity contribution >= 4 is 5.78 Å². The Morgan fingerprint density at radius 1 is 1.38 bits per heavy atom. The van der Waals surface area contributed by atoms with E-state index in [1.165, 1.54) is 6.92 Å². The Bertz CT molecular complexity index is 293. The second kappa shape index (κ2) is 4.65. The van der Waals surface area contributed by atoms with Crippen LogP contribution >= 0.6 is 0 Å². The van der Waals surface area contributed by atoms with Gasteiger partial charge in [-0.1, -0.05) is 13.8 Å². The van der Waals surface area contributed by atoms with Gasteiger partial charge < -0.3 is 9.90 Å². The van der Waals surface area contributed by atoms with Crippen molar-refractivity contribution < 1.29 is 19.7 Å². The van der Waals surface area contributed by atoms with E-state index in [0.717, 1.165) is 0 Å². The lowest BCUT2D eigenvalue weighted by Gasteiger charge is -2.39. The summed E-state index contributed by atoms with van der Waals surface area (Å²) in [7, 11) is 0. The maximum Gasteiger partial charge on any atom is 0.215 e. The molecule has 1 aliphatic heterocycles. The quantitative estimate of drug-likeness (QED) is 0.590. The summed E-state index contributed by atoms with van der Waals surface area (Å²) in [6.07, 6.45) is 4.36. The van der Waals surface area contributed by atoms with Gasteiger partial charge in [-0.2, -0.15) is 4.89 Å². The zero-order valence-electron chi connectivity index (χ0n) is 10.3. The first-order valence-electron chi connectivity index (χ1n) is 5.56. The lowest BCUT2D eigenvalue weighted by Crippen LogP contribution is -2.44. The van der Waals surface area contributed by atoms with E-state index < -0.39 is 11.4 Å². The molecule has 1 aliphatic rings. The van der Waals surface area contributed by atoms with Crippen molar-refractivity contribution in [1.82, 2.24) is 0 Å². The minimum absolute atomic E-state index is 0.120. The van der Waals surface area contributed by atoms with E-state index in [-0.39, 0.29) is 11.7 Å². The van der Waals surface area contributed by atoms with Crippen molar-refractivity contribution in [3.63, 3.8) is 0 Å². The number of hydrogen-bond acceptors (Lipinski definition) is 4. The number of carbonyl (C=O) groups is 1. The van der Waals surface area contributed by atoms with Crippen LogP contribution in [-0.2, 0) is 14.6 Å². The highest BCUT2D eigenvalue weighted by atomic mass is 17.2. The largest absolute Gasteiger partial charge is 0.360 e. The van der Waals surface area contributed by atoms with Gasteiger partial charge in [0.25, 0.3) is 0 Å². The van der Waals surface area contributed by atoms with Gasteiger partial charge >= 0.3 is 0 Å². The second-order valence-electron chi connectivity index (χ2n) is 4.87. The summed E-state index contributed by atoms with van der Waals surface area (Å²) in [4.78, 5) is 21.2. The Morgan fingerprint density at radius 3 is 2.38 bits per heavy atom. The minimum atomic E-state index is -1.38. The molecule has 0 aliphatic carbocycles.